The molecule has 14 heteroatoms. The fourth-order valence-electron chi connectivity index (χ4n) is 7.56. The number of aliphatic hydroxyl groups excluding tert-OH is 2. The van der Waals surface area contributed by atoms with Gasteiger partial charge in [-0.2, -0.15) is 0 Å². The van der Waals surface area contributed by atoms with Crippen LogP contribution in [0.2, 0.25) is 0 Å². The Morgan fingerprint density at radius 3 is 2.45 bits per heavy atom. The summed E-state index contributed by atoms with van der Waals surface area (Å²) in [5.41, 5.74) is 1.27. The molecule has 0 bridgehead atoms. The van der Waals surface area contributed by atoms with E-state index in [1.807, 2.05) is 0 Å². The lowest BCUT2D eigenvalue weighted by Crippen LogP contribution is -2.62. The van der Waals surface area contributed by atoms with Crippen molar-refractivity contribution in [2.45, 2.75) is 76.5 Å². The van der Waals surface area contributed by atoms with Crippen molar-refractivity contribution >= 4 is 17.7 Å². The highest BCUT2D eigenvalue weighted by Gasteiger charge is 2.64. The molecule has 1 aromatic carbocycles. The Morgan fingerprint density at radius 1 is 1.06 bits per heavy atom. The number of carbonyl (C=O) groups excluding carboxylic acids is 2. The van der Waals surface area contributed by atoms with Gasteiger partial charge >= 0.3 is 11.9 Å². The largest absolute Gasteiger partial charge is 0.508 e. The number of esters is 2. The third-order valence-corrected chi connectivity index (χ3v) is 9.39. The Kier molecular flexibility index (Phi) is 10.8. The van der Waals surface area contributed by atoms with E-state index in [4.69, 9.17) is 19.0 Å². The van der Waals surface area contributed by atoms with E-state index in [0.29, 0.717) is 41.9 Å². The summed E-state index contributed by atoms with van der Waals surface area (Å²) in [7, 11) is 1.42. The molecule has 0 spiro atoms. The molecule has 0 radical (unpaired) electrons. The lowest BCUT2D eigenvalue weighted by atomic mass is 9.55. The highest BCUT2D eigenvalue weighted by atomic mass is 16.6. The van der Waals surface area contributed by atoms with Crippen molar-refractivity contribution in [1.29, 1.82) is 0 Å². The number of rotatable bonds is 14. The molecular formula is C33H44N4O10. The number of phenols is 1. The number of oxime groups is 1. The molecule has 3 aliphatic rings. The number of fused-ring (bicyclic) bond motifs is 2. The van der Waals surface area contributed by atoms with Crippen LogP contribution in [0.15, 0.2) is 35.0 Å². The molecule has 1 fully saturated rings. The Balaban J connectivity index is 1.74. The smallest absolute Gasteiger partial charge is 0.361 e. The first-order valence-corrected chi connectivity index (χ1v) is 16.3. The summed E-state index contributed by atoms with van der Waals surface area (Å²) < 4.78 is 18.1. The van der Waals surface area contributed by atoms with Crippen LogP contribution in [-0.4, -0.2) is 92.4 Å². The van der Waals surface area contributed by atoms with Crippen LogP contribution < -0.4 is 4.74 Å². The fourth-order valence-corrected chi connectivity index (χ4v) is 7.56. The number of unbranched alkanes of at least 4 members (excludes halogenated alkanes) is 2. The molecule has 6 unspecified atom stereocenters. The van der Waals surface area contributed by atoms with Gasteiger partial charge in [-0.1, -0.05) is 29.3 Å². The number of aliphatic hydroxyl groups is 3. The molecule has 256 valence electrons. The van der Waals surface area contributed by atoms with E-state index in [2.05, 4.69) is 21.5 Å². The first-order chi connectivity index (χ1) is 22.7. The third kappa shape index (κ3) is 6.46. The molecule has 2 aliphatic carbocycles. The van der Waals surface area contributed by atoms with E-state index in [9.17, 15) is 30.0 Å². The Bertz CT molecular complexity index is 1510. The van der Waals surface area contributed by atoms with Gasteiger partial charge in [0.1, 0.15) is 24.7 Å². The van der Waals surface area contributed by atoms with Crippen molar-refractivity contribution in [3.8, 4) is 11.5 Å². The number of aromatic hydroxyl groups is 1. The van der Waals surface area contributed by atoms with Gasteiger partial charge in [0.2, 0.25) is 11.5 Å². The average Bonchev–Trinajstić information content (AvgIpc) is 3.49. The molecule has 1 aromatic heterocycles. The minimum Gasteiger partial charge on any atom is -0.508 e. The van der Waals surface area contributed by atoms with Crippen molar-refractivity contribution in [3.63, 3.8) is 0 Å². The number of benzene rings is 1. The van der Waals surface area contributed by atoms with Crippen LogP contribution in [0.3, 0.4) is 0 Å². The second-order valence-corrected chi connectivity index (χ2v) is 12.1. The summed E-state index contributed by atoms with van der Waals surface area (Å²) in [5.74, 6) is -4.63. The van der Waals surface area contributed by atoms with Crippen LogP contribution >= 0.6 is 0 Å². The number of ether oxygens (including phenoxy) is 3. The summed E-state index contributed by atoms with van der Waals surface area (Å²) in [6.07, 6.45) is 6.27. The Hall–Kier alpha value is -4.01. The number of hydrogen-bond acceptors (Lipinski definition) is 13. The maximum Gasteiger partial charge on any atom is 0.361 e. The Morgan fingerprint density at radius 2 is 1.77 bits per heavy atom. The highest BCUT2D eigenvalue weighted by molar-refractivity contribution is 6.03. The number of nitrogens with zero attached hydrogens (tertiary/aromatic N) is 4. The maximum atomic E-state index is 13.4. The molecule has 47 heavy (non-hydrogen) atoms. The van der Waals surface area contributed by atoms with Gasteiger partial charge in [-0.05, 0) is 75.1 Å². The van der Waals surface area contributed by atoms with E-state index >= 15 is 0 Å². The topological polar surface area (TPSA) is 195 Å². The van der Waals surface area contributed by atoms with Crippen molar-refractivity contribution < 1.29 is 49.1 Å². The number of phenolic OH excluding ortho intramolecular Hbond substituents is 1. The van der Waals surface area contributed by atoms with Crippen molar-refractivity contribution in [3.05, 3.63) is 46.8 Å². The first kappa shape index (κ1) is 34.3. The highest BCUT2D eigenvalue weighted by Crippen LogP contribution is 2.62. The third-order valence-electron chi connectivity index (χ3n) is 9.39. The van der Waals surface area contributed by atoms with Gasteiger partial charge in [-0.15, -0.1) is 5.10 Å². The molecule has 1 aliphatic heterocycles. The lowest BCUT2D eigenvalue weighted by molar-refractivity contribution is -0.225. The van der Waals surface area contributed by atoms with Gasteiger partial charge in [-0.25, -0.2) is 14.3 Å². The summed E-state index contributed by atoms with van der Waals surface area (Å²) in [5, 5.41) is 55.3. The predicted octanol–water partition coefficient (Wildman–Crippen LogP) is 3.26. The number of aromatic nitrogens is 3. The van der Waals surface area contributed by atoms with Gasteiger partial charge in [0.05, 0.1) is 24.8 Å². The number of hydrogen-bond donors (Lipinski definition) is 4. The average molecular weight is 657 g/mol. The minimum absolute atomic E-state index is 0.00419. The number of carbonyl (C=O) groups is 2. The normalized spacial score (nSPS) is 26.9. The van der Waals surface area contributed by atoms with E-state index in [1.54, 1.807) is 26.0 Å². The van der Waals surface area contributed by atoms with Gasteiger partial charge < -0.3 is 39.5 Å². The van der Waals surface area contributed by atoms with Crippen LogP contribution in [0.5, 0.6) is 11.5 Å². The summed E-state index contributed by atoms with van der Waals surface area (Å²) in [6, 6.07) is 3.61. The van der Waals surface area contributed by atoms with Crippen molar-refractivity contribution in [2.75, 3.05) is 33.5 Å². The van der Waals surface area contributed by atoms with Crippen LogP contribution in [0.4, 0.5) is 0 Å². The molecule has 5 rings (SSSR count). The quantitative estimate of drug-likeness (QED) is 0.132. The van der Waals surface area contributed by atoms with Gasteiger partial charge in [-0.3, -0.25) is 0 Å². The van der Waals surface area contributed by atoms with Crippen molar-refractivity contribution in [1.82, 2.24) is 15.0 Å². The first-order valence-electron chi connectivity index (χ1n) is 16.3. The van der Waals surface area contributed by atoms with E-state index in [-0.39, 0.29) is 61.8 Å². The maximum absolute atomic E-state index is 13.4. The molecule has 2 aromatic rings. The molecule has 0 amide bonds. The van der Waals surface area contributed by atoms with E-state index in [0.717, 1.165) is 19.3 Å². The van der Waals surface area contributed by atoms with Crippen LogP contribution in [-0.2, 0) is 14.3 Å². The minimum atomic E-state index is -2.04. The molecule has 6 atom stereocenters. The standard InChI is InChI=1S/C33H44N4O10/c1-4-45-31(41)29-30(32(42)46-5-2)37(36-34-29)26-18-24(35-44-3)22-16-19(10-6-8-14-38)21(11-7-9-15-39)27-23-17-20(40)12-13-25(23)47-33(26,43)28(22)27/h12-13,16-17,19,21,26-28,38-40,43H,4-11,14-15,18H2,1-3H3. The molecule has 4 N–H and O–H groups in total. The van der Waals surface area contributed by atoms with E-state index < -0.39 is 35.6 Å². The monoisotopic (exact) mass is 656 g/mol. The molecule has 1 saturated carbocycles. The molecule has 2 heterocycles. The molecule has 14 nitrogen and oxygen atoms in total. The molecule has 0 saturated heterocycles. The van der Waals surface area contributed by atoms with E-state index in [1.165, 1.54) is 17.9 Å². The Labute approximate surface area is 273 Å². The number of allylic oxidation sites excluding steroid dienone is 1. The van der Waals surface area contributed by atoms with Crippen molar-refractivity contribution in [2.24, 2.45) is 22.9 Å². The second kappa shape index (κ2) is 14.8. The summed E-state index contributed by atoms with van der Waals surface area (Å²) in [4.78, 5) is 31.6. The zero-order valence-electron chi connectivity index (χ0n) is 27.0. The lowest BCUT2D eigenvalue weighted by Gasteiger charge is -2.56. The zero-order valence-corrected chi connectivity index (χ0v) is 27.0. The summed E-state index contributed by atoms with van der Waals surface area (Å²) in [6.45, 7) is 3.41. The predicted molar refractivity (Wildman–Crippen MR) is 167 cm³/mol. The zero-order chi connectivity index (χ0) is 33.7. The second-order valence-electron chi connectivity index (χ2n) is 12.1. The fraction of sp³-hybridized carbons (Fsp3) is 0.606. The van der Waals surface area contributed by atoms with Crippen LogP contribution in [0.25, 0.3) is 0 Å². The van der Waals surface area contributed by atoms with Gasteiger partial charge in [0.25, 0.3) is 0 Å². The molecular weight excluding hydrogens is 612 g/mol. The van der Waals surface area contributed by atoms with Crippen LogP contribution in [0.1, 0.15) is 97.3 Å². The van der Waals surface area contributed by atoms with Gasteiger partial charge in [0.15, 0.2) is 5.69 Å². The SMILES string of the molecule is CCOC(=O)c1nnn(C2CC(=NOC)C3=CC(CCCCO)C(CCCCO)C4c5cc(O)ccc5OC2(O)C34)c1C(=O)OCC. The van der Waals surface area contributed by atoms with Gasteiger partial charge in [0, 0.05) is 31.1 Å². The van der Waals surface area contributed by atoms with Crippen LogP contribution in [0, 0.1) is 17.8 Å². The summed E-state index contributed by atoms with van der Waals surface area (Å²) >= 11 is 0.